The molecular formula is C25H26FN3O2. The van der Waals surface area contributed by atoms with Crippen molar-refractivity contribution in [3.05, 3.63) is 71.7 Å². The minimum absolute atomic E-state index is 0.0664. The standard InChI is InChI=1S/C25H26FN3O2/c26-21-10-3-1-7-20(21)17-29-22-11-4-2-6-19(22)16-23(29)25(31)28-14-12-27(13-15-28)24(30)18-8-5-9-18/h1-4,6-7,10-11,16,18H,5,8-9,12-15,17H2. The molecule has 1 aromatic heterocycles. The summed E-state index contributed by atoms with van der Waals surface area (Å²) in [5.74, 6) is 0.0858. The number of aromatic nitrogens is 1. The van der Waals surface area contributed by atoms with Gasteiger partial charge in [-0.3, -0.25) is 9.59 Å². The lowest BCUT2D eigenvalue weighted by atomic mass is 9.84. The average Bonchev–Trinajstić information content (AvgIpc) is 3.12. The predicted octanol–water partition coefficient (Wildman–Crippen LogP) is 3.91. The lowest BCUT2D eigenvalue weighted by molar-refractivity contribution is -0.139. The lowest BCUT2D eigenvalue weighted by Crippen LogP contribution is -2.52. The van der Waals surface area contributed by atoms with Crippen molar-refractivity contribution in [3.8, 4) is 0 Å². The molecule has 3 aromatic rings. The zero-order chi connectivity index (χ0) is 21.4. The summed E-state index contributed by atoms with van der Waals surface area (Å²) >= 11 is 0. The molecule has 0 atom stereocenters. The smallest absolute Gasteiger partial charge is 0.270 e. The van der Waals surface area contributed by atoms with Crippen molar-refractivity contribution in [1.29, 1.82) is 0 Å². The second-order valence-corrected chi connectivity index (χ2v) is 8.51. The van der Waals surface area contributed by atoms with E-state index in [1.807, 2.05) is 50.8 Å². The van der Waals surface area contributed by atoms with E-state index in [1.54, 1.807) is 12.1 Å². The lowest BCUT2D eigenvalue weighted by Gasteiger charge is -2.38. The number of hydrogen-bond donors (Lipinski definition) is 0. The Kier molecular flexibility index (Phi) is 5.22. The Labute approximate surface area is 181 Å². The number of fused-ring (bicyclic) bond motifs is 1. The molecule has 160 valence electrons. The molecule has 5 rings (SSSR count). The first-order chi connectivity index (χ1) is 15.1. The van der Waals surface area contributed by atoms with Crippen molar-refractivity contribution in [2.24, 2.45) is 5.92 Å². The Bertz CT molecular complexity index is 1130. The minimum atomic E-state index is -0.276. The summed E-state index contributed by atoms with van der Waals surface area (Å²) in [4.78, 5) is 29.7. The Balaban J connectivity index is 1.39. The van der Waals surface area contributed by atoms with Crippen molar-refractivity contribution in [3.63, 3.8) is 0 Å². The van der Waals surface area contributed by atoms with Crippen molar-refractivity contribution >= 4 is 22.7 Å². The summed E-state index contributed by atoms with van der Waals surface area (Å²) in [6, 6.07) is 16.4. The highest BCUT2D eigenvalue weighted by molar-refractivity contribution is 5.99. The number of carbonyl (C=O) groups is 2. The summed E-state index contributed by atoms with van der Waals surface area (Å²) in [6.07, 6.45) is 3.13. The van der Waals surface area contributed by atoms with E-state index in [1.165, 1.54) is 6.07 Å². The molecule has 0 radical (unpaired) electrons. The highest BCUT2D eigenvalue weighted by Crippen LogP contribution is 2.29. The van der Waals surface area contributed by atoms with Gasteiger partial charge in [0.05, 0.1) is 6.54 Å². The van der Waals surface area contributed by atoms with Gasteiger partial charge in [-0.1, -0.05) is 42.8 Å². The fraction of sp³-hybridized carbons (Fsp3) is 0.360. The summed E-state index contributed by atoms with van der Waals surface area (Å²) in [7, 11) is 0. The summed E-state index contributed by atoms with van der Waals surface area (Å²) in [5.41, 5.74) is 2.02. The number of hydrogen-bond acceptors (Lipinski definition) is 2. The van der Waals surface area contributed by atoms with Gasteiger partial charge in [0, 0.05) is 48.6 Å². The van der Waals surface area contributed by atoms with E-state index in [4.69, 9.17) is 0 Å². The molecule has 5 nitrogen and oxygen atoms in total. The van der Waals surface area contributed by atoms with E-state index in [9.17, 15) is 14.0 Å². The largest absolute Gasteiger partial charge is 0.339 e. The topological polar surface area (TPSA) is 45.6 Å². The molecule has 6 heteroatoms. The van der Waals surface area contributed by atoms with Crippen LogP contribution < -0.4 is 0 Å². The van der Waals surface area contributed by atoms with Crippen LogP contribution in [0.4, 0.5) is 4.39 Å². The Morgan fingerprint density at radius 2 is 1.58 bits per heavy atom. The molecule has 2 fully saturated rings. The zero-order valence-corrected chi connectivity index (χ0v) is 17.5. The third-order valence-corrected chi connectivity index (χ3v) is 6.65. The molecule has 1 saturated carbocycles. The maximum atomic E-state index is 14.3. The van der Waals surface area contributed by atoms with E-state index in [2.05, 4.69) is 0 Å². The number of para-hydroxylation sites is 1. The molecule has 31 heavy (non-hydrogen) atoms. The van der Waals surface area contributed by atoms with E-state index in [-0.39, 0.29) is 23.5 Å². The van der Waals surface area contributed by atoms with Gasteiger partial charge < -0.3 is 14.4 Å². The van der Waals surface area contributed by atoms with Gasteiger partial charge in [0.15, 0.2) is 0 Å². The maximum Gasteiger partial charge on any atom is 0.270 e. The summed E-state index contributed by atoms with van der Waals surface area (Å²) < 4.78 is 16.2. The molecule has 0 bridgehead atoms. The number of halogens is 1. The Hall–Kier alpha value is -3.15. The molecule has 0 N–H and O–H groups in total. The first kappa shape index (κ1) is 19.8. The van der Waals surface area contributed by atoms with Crippen LogP contribution in [-0.2, 0) is 11.3 Å². The molecule has 1 aliphatic heterocycles. The van der Waals surface area contributed by atoms with Gasteiger partial charge in [-0.15, -0.1) is 0 Å². The van der Waals surface area contributed by atoms with Crippen LogP contribution in [-0.4, -0.2) is 52.4 Å². The number of benzene rings is 2. The highest BCUT2D eigenvalue weighted by atomic mass is 19.1. The van der Waals surface area contributed by atoms with E-state index < -0.39 is 0 Å². The van der Waals surface area contributed by atoms with Crippen molar-refractivity contribution < 1.29 is 14.0 Å². The van der Waals surface area contributed by atoms with Crippen LogP contribution in [0.2, 0.25) is 0 Å². The molecule has 2 amide bonds. The zero-order valence-electron chi connectivity index (χ0n) is 17.5. The first-order valence-corrected chi connectivity index (χ1v) is 11.0. The van der Waals surface area contributed by atoms with Gasteiger partial charge in [0.2, 0.25) is 5.91 Å². The normalized spacial score (nSPS) is 17.1. The second kappa shape index (κ2) is 8.17. The maximum absolute atomic E-state index is 14.3. The number of rotatable bonds is 4. The highest BCUT2D eigenvalue weighted by Gasteiger charge is 2.32. The van der Waals surface area contributed by atoms with E-state index >= 15 is 0 Å². The molecule has 0 spiro atoms. The molecule has 1 saturated heterocycles. The van der Waals surface area contributed by atoms with Crippen LogP contribution in [0.5, 0.6) is 0 Å². The number of carbonyl (C=O) groups excluding carboxylic acids is 2. The van der Waals surface area contributed by atoms with Gasteiger partial charge in [0.1, 0.15) is 11.5 Å². The molecular weight excluding hydrogens is 393 g/mol. The molecule has 1 aliphatic carbocycles. The number of piperazine rings is 1. The summed E-state index contributed by atoms with van der Waals surface area (Å²) in [5, 5.41) is 0.959. The van der Waals surface area contributed by atoms with Gasteiger partial charge in [0.25, 0.3) is 5.91 Å². The number of amides is 2. The number of nitrogens with zero attached hydrogens (tertiary/aromatic N) is 3. The van der Waals surface area contributed by atoms with Crippen molar-refractivity contribution in [2.45, 2.75) is 25.8 Å². The van der Waals surface area contributed by atoms with Crippen LogP contribution in [0, 0.1) is 11.7 Å². The van der Waals surface area contributed by atoms with Crippen molar-refractivity contribution in [1.82, 2.24) is 14.4 Å². The average molecular weight is 420 g/mol. The minimum Gasteiger partial charge on any atom is -0.339 e. The molecule has 2 aliphatic rings. The van der Waals surface area contributed by atoms with E-state index in [0.29, 0.717) is 44.0 Å². The quantitative estimate of drug-likeness (QED) is 0.644. The van der Waals surface area contributed by atoms with Gasteiger partial charge in [-0.25, -0.2) is 4.39 Å². The van der Waals surface area contributed by atoms with Crippen LogP contribution >= 0.6 is 0 Å². The van der Waals surface area contributed by atoms with Crippen LogP contribution in [0.15, 0.2) is 54.6 Å². The third-order valence-electron chi connectivity index (χ3n) is 6.65. The molecule has 2 heterocycles. The van der Waals surface area contributed by atoms with E-state index in [0.717, 1.165) is 30.2 Å². The fourth-order valence-corrected chi connectivity index (χ4v) is 4.56. The molecule has 2 aromatic carbocycles. The van der Waals surface area contributed by atoms with Crippen LogP contribution in [0.1, 0.15) is 35.3 Å². The summed E-state index contributed by atoms with van der Waals surface area (Å²) in [6.45, 7) is 2.50. The molecule has 0 unspecified atom stereocenters. The SMILES string of the molecule is O=C(c1cc2ccccc2n1Cc1ccccc1F)N1CCN(C(=O)C2CCC2)CC1. The Morgan fingerprint density at radius 1 is 0.903 bits per heavy atom. The predicted molar refractivity (Wildman–Crippen MR) is 117 cm³/mol. The Morgan fingerprint density at radius 3 is 2.29 bits per heavy atom. The van der Waals surface area contributed by atoms with Gasteiger partial charge in [-0.05, 0) is 31.0 Å². The fourth-order valence-electron chi connectivity index (χ4n) is 4.56. The first-order valence-electron chi connectivity index (χ1n) is 11.0. The van der Waals surface area contributed by atoms with Crippen molar-refractivity contribution in [2.75, 3.05) is 26.2 Å². The van der Waals surface area contributed by atoms with Gasteiger partial charge in [-0.2, -0.15) is 0 Å². The van der Waals surface area contributed by atoms with Gasteiger partial charge >= 0.3 is 0 Å². The van der Waals surface area contributed by atoms with Crippen LogP contribution in [0.25, 0.3) is 10.9 Å². The monoisotopic (exact) mass is 419 g/mol. The van der Waals surface area contributed by atoms with Crippen LogP contribution in [0.3, 0.4) is 0 Å². The second-order valence-electron chi connectivity index (χ2n) is 8.51. The third kappa shape index (κ3) is 3.71.